The van der Waals surface area contributed by atoms with Gasteiger partial charge in [0, 0.05) is 16.9 Å². The molecule has 5 rings (SSSR count). The fourth-order valence-electron chi connectivity index (χ4n) is 4.21. The Kier molecular flexibility index (Phi) is 4.96. The van der Waals surface area contributed by atoms with Gasteiger partial charge >= 0.3 is 0 Å². The molecule has 0 unspecified atom stereocenters. The van der Waals surface area contributed by atoms with E-state index in [1.165, 1.54) is 0 Å². The zero-order chi connectivity index (χ0) is 20.5. The number of nitrogens with two attached hydrogens (primary N) is 1. The maximum absolute atomic E-state index is 13.0. The van der Waals surface area contributed by atoms with Crippen molar-refractivity contribution in [2.45, 2.75) is 19.4 Å². The molecule has 0 amide bonds. The van der Waals surface area contributed by atoms with Crippen LogP contribution in [0.5, 0.6) is 11.5 Å². The van der Waals surface area contributed by atoms with Crippen molar-refractivity contribution in [3.8, 4) is 11.5 Å². The first kappa shape index (κ1) is 18.8. The number of hydrogen-bond acceptors (Lipinski definition) is 7. The van der Waals surface area contributed by atoms with Crippen LogP contribution in [-0.4, -0.2) is 47.0 Å². The van der Waals surface area contributed by atoms with Gasteiger partial charge in [0.25, 0.3) is 0 Å². The molecule has 1 fully saturated rings. The lowest BCUT2D eigenvalue weighted by atomic mass is 9.88. The number of carbonyl (C=O) groups excluding carboxylic acids is 1. The van der Waals surface area contributed by atoms with E-state index < -0.39 is 0 Å². The highest BCUT2D eigenvalue weighted by Crippen LogP contribution is 2.32. The molecule has 30 heavy (non-hydrogen) atoms. The van der Waals surface area contributed by atoms with Crippen molar-refractivity contribution in [2.75, 3.05) is 32.0 Å². The minimum atomic E-state index is 0.0198. The summed E-state index contributed by atoms with van der Waals surface area (Å²) in [5.74, 6) is 2.81. The predicted molar refractivity (Wildman–Crippen MR) is 114 cm³/mol. The molecule has 7 nitrogen and oxygen atoms in total. The molecule has 3 aromatic rings. The highest BCUT2D eigenvalue weighted by atomic mass is 16.6. The van der Waals surface area contributed by atoms with Gasteiger partial charge in [0.15, 0.2) is 17.3 Å². The summed E-state index contributed by atoms with van der Waals surface area (Å²) in [5, 5.41) is 0.880. The number of nitrogen functional groups attached to an aromatic ring is 1. The van der Waals surface area contributed by atoms with Crippen molar-refractivity contribution >= 4 is 22.5 Å². The minimum Gasteiger partial charge on any atom is -0.486 e. The Balaban J connectivity index is 1.23. The summed E-state index contributed by atoms with van der Waals surface area (Å²) in [6, 6.07) is 13.3. The van der Waals surface area contributed by atoms with Crippen LogP contribution in [0.2, 0.25) is 0 Å². The maximum Gasteiger partial charge on any atom is 0.166 e. The third-order valence-electron chi connectivity index (χ3n) is 5.83. The molecular weight excluding hydrogens is 380 g/mol. The number of benzene rings is 2. The van der Waals surface area contributed by atoms with E-state index in [9.17, 15) is 4.79 Å². The average molecular weight is 404 g/mol. The van der Waals surface area contributed by atoms with Crippen molar-refractivity contribution in [3.63, 3.8) is 0 Å². The molecule has 1 aromatic heterocycles. The SMILES string of the molecule is Nc1nc(CN2CCC(C(=O)c3ccc4c(c3)OCCO4)CC2)nc2ccccc12. The Morgan fingerprint density at radius 3 is 2.63 bits per heavy atom. The van der Waals surface area contributed by atoms with Gasteiger partial charge in [0.05, 0.1) is 12.1 Å². The molecule has 2 aliphatic heterocycles. The molecule has 2 N–H and O–H groups in total. The number of nitrogens with zero attached hydrogens (tertiary/aromatic N) is 3. The molecule has 7 heteroatoms. The molecule has 0 spiro atoms. The number of ketones is 1. The third-order valence-corrected chi connectivity index (χ3v) is 5.83. The van der Waals surface area contributed by atoms with Gasteiger partial charge in [0.1, 0.15) is 24.9 Å². The smallest absolute Gasteiger partial charge is 0.166 e. The van der Waals surface area contributed by atoms with Crippen LogP contribution >= 0.6 is 0 Å². The number of aromatic nitrogens is 2. The number of rotatable bonds is 4. The van der Waals surface area contributed by atoms with Crippen molar-refractivity contribution in [3.05, 3.63) is 53.9 Å². The van der Waals surface area contributed by atoms with Crippen LogP contribution in [0.3, 0.4) is 0 Å². The number of likely N-dealkylation sites (tertiary alicyclic amines) is 1. The number of fused-ring (bicyclic) bond motifs is 2. The minimum absolute atomic E-state index is 0.0198. The Hall–Kier alpha value is -3.19. The molecule has 0 bridgehead atoms. The van der Waals surface area contributed by atoms with Crippen LogP contribution in [-0.2, 0) is 6.54 Å². The number of carbonyl (C=O) groups is 1. The highest BCUT2D eigenvalue weighted by Gasteiger charge is 2.27. The summed E-state index contributed by atoms with van der Waals surface area (Å²) in [5.41, 5.74) is 7.67. The molecule has 154 valence electrons. The van der Waals surface area contributed by atoms with Gasteiger partial charge in [0.2, 0.25) is 0 Å². The molecular formula is C23H24N4O3. The lowest BCUT2D eigenvalue weighted by molar-refractivity contribution is 0.0832. The Morgan fingerprint density at radius 1 is 1.03 bits per heavy atom. The van der Waals surface area contributed by atoms with Gasteiger partial charge in [-0.05, 0) is 56.3 Å². The fraction of sp³-hybridized carbons (Fsp3) is 0.348. The van der Waals surface area contributed by atoms with Gasteiger partial charge in [-0.2, -0.15) is 0 Å². The zero-order valence-corrected chi connectivity index (χ0v) is 16.7. The number of ether oxygens (including phenoxy) is 2. The van der Waals surface area contributed by atoms with Gasteiger partial charge in [-0.25, -0.2) is 9.97 Å². The van der Waals surface area contributed by atoms with Crippen LogP contribution < -0.4 is 15.2 Å². The van der Waals surface area contributed by atoms with E-state index in [0.29, 0.717) is 42.6 Å². The first-order valence-electron chi connectivity index (χ1n) is 10.3. The van der Waals surface area contributed by atoms with Crippen molar-refractivity contribution < 1.29 is 14.3 Å². The van der Waals surface area contributed by atoms with Crippen LogP contribution in [0, 0.1) is 5.92 Å². The van der Waals surface area contributed by atoms with Gasteiger partial charge < -0.3 is 15.2 Å². The van der Waals surface area contributed by atoms with E-state index in [1.807, 2.05) is 42.5 Å². The quantitative estimate of drug-likeness (QED) is 0.668. The first-order chi connectivity index (χ1) is 14.7. The number of anilines is 1. The van der Waals surface area contributed by atoms with E-state index in [2.05, 4.69) is 14.9 Å². The number of piperidine rings is 1. The summed E-state index contributed by atoms with van der Waals surface area (Å²) in [7, 11) is 0. The Labute approximate surface area is 174 Å². The van der Waals surface area contributed by atoms with Crippen LogP contribution in [0.1, 0.15) is 29.0 Å². The highest BCUT2D eigenvalue weighted by molar-refractivity contribution is 5.98. The van der Waals surface area contributed by atoms with Crippen LogP contribution in [0.4, 0.5) is 5.82 Å². The van der Waals surface area contributed by atoms with Crippen LogP contribution in [0.25, 0.3) is 10.9 Å². The summed E-state index contributed by atoms with van der Waals surface area (Å²) < 4.78 is 11.2. The van der Waals surface area contributed by atoms with E-state index in [-0.39, 0.29) is 11.7 Å². The summed E-state index contributed by atoms with van der Waals surface area (Å²) in [4.78, 5) is 24.4. The first-order valence-corrected chi connectivity index (χ1v) is 10.3. The fourth-order valence-corrected chi connectivity index (χ4v) is 4.21. The van der Waals surface area contributed by atoms with E-state index in [4.69, 9.17) is 15.2 Å². The van der Waals surface area contributed by atoms with Crippen molar-refractivity contribution in [1.82, 2.24) is 14.9 Å². The topological polar surface area (TPSA) is 90.6 Å². The molecule has 0 radical (unpaired) electrons. The van der Waals surface area contributed by atoms with Crippen LogP contribution in [0.15, 0.2) is 42.5 Å². The van der Waals surface area contributed by atoms with E-state index in [0.717, 1.165) is 42.7 Å². The monoisotopic (exact) mass is 404 g/mol. The number of hydrogen-bond donors (Lipinski definition) is 1. The second-order valence-corrected chi connectivity index (χ2v) is 7.82. The summed E-state index contributed by atoms with van der Waals surface area (Å²) >= 11 is 0. The maximum atomic E-state index is 13.0. The van der Waals surface area contributed by atoms with Gasteiger partial charge in [-0.1, -0.05) is 12.1 Å². The molecule has 2 aliphatic rings. The Morgan fingerprint density at radius 2 is 1.80 bits per heavy atom. The summed E-state index contributed by atoms with van der Waals surface area (Å²) in [6.45, 7) is 3.36. The van der Waals surface area contributed by atoms with Gasteiger partial charge in [-0.15, -0.1) is 0 Å². The lowest BCUT2D eigenvalue weighted by Gasteiger charge is -2.31. The second-order valence-electron chi connectivity index (χ2n) is 7.82. The lowest BCUT2D eigenvalue weighted by Crippen LogP contribution is -2.36. The zero-order valence-electron chi connectivity index (χ0n) is 16.7. The van der Waals surface area contributed by atoms with Crippen molar-refractivity contribution in [2.24, 2.45) is 5.92 Å². The molecule has 2 aromatic carbocycles. The standard InChI is InChI=1S/C23H24N4O3/c24-23-17-3-1-2-4-18(17)25-21(26-23)14-27-9-7-15(8-10-27)22(28)16-5-6-19-20(13-16)30-12-11-29-19/h1-6,13,15H,7-12,14H2,(H2,24,25,26). The molecule has 0 atom stereocenters. The van der Waals surface area contributed by atoms with Crippen molar-refractivity contribution in [1.29, 1.82) is 0 Å². The average Bonchev–Trinajstić information content (AvgIpc) is 2.79. The summed E-state index contributed by atoms with van der Waals surface area (Å²) in [6.07, 6.45) is 1.63. The number of Topliss-reactive ketones (excluding diaryl/α,β-unsaturated/α-hetero) is 1. The molecule has 1 saturated heterocycles. The largest absolute Gasteiger partial charge is 0.486 e. The third kappa shape index (κ3) is 3.68. The number of para-hydroxylation sites is 1. The van der Waals surface area contributed by atoms with E-state index >= 15 is 0 Å². The molecule has 3 heterocycles. The molecule has 0 aliphatic carbocycles. The van der Waals surface area contributed by atoms with E-state index in [1.54, 1.807) is 0 Å². The van der Waals surface area contributed by atoms with Gasteiger partial charge in [-0.3, -0.25) is 9.69 Å². The molecule has 0 saturated carbocycles. The predicted octanol–water partition coefficient (Wildman–Crippen LogP) is 3.08. The Bertz CT molecular complexity index is 1090. The second kappa shape index (κ2) is 7.91. The normalized spacial score (nSPS) is 17.2.